The number of hydrogen-bond acceptors (Lipinski definition) is 5. The largest absolute Gasteiger partial charge is 0.364 e. The summed E-state index contributed by atoms with van der Waals surface area (Å²) >= 11 is 0. The number of aromatic amines is 1. The van der Waals surface area contributed by atoms with E-state index in [0.717, 1.165) is 0 Å². The maximum atomic E-state index is 13.3. The summed E-state index contributed by atoms with van der Waals surface area (Å²) in [6.45, 7) is 3.77. The summed E-state index contributed by atoms with van der Waals surface area (Å²) in [7, 11) is 3.63. The molecule has 4 rings (SSSR count). The van der Waals surface area contributed by atoms with E-state index in [1.807, 2.05) is 27.1 Å². The minimum absolute atomic E-state index is 0.00183. The fraction of sp³-hybridized carbons (Fsp3) is 0.273. The normalized spacial score (nSPS) is 17.3. The molecule has 3 aromatic heterocycles. The average molecular weight is 435 g/mol. The number of pyridine rings is 2. The number of aryl methyl sites for hydroxylation is 2. The molecule has 0 aromatic carbocycles. The number of carbonyl (C=O) groups excluding carboxylic acids is 2. The van der Waals surface area contributed by atoms with Crippen LogP contribution in [0.3, 0.4) is 0 Å². The van der Waals surface area contributed by atoms with Gasteiger partial charge in [0, 0.05) is 18.2 Å². The molecule has 0 bridgehead atoms. The molecular formula is C22H25N7O3+2. The number of carbonyl (C=O) groups is 2. The fourth-order valence-corrected chi connectivity index (χ4v) is 3.66. The second kappa shape index (κ2) is 8.22. The molecule has 4 heterocycles. The highest BCUT2D eigenvalue weighted by Crippen LogP contribution is 2.31. The third-order valence-electron chi connectivity index (χ3n) is 5.47. The molecule has 2 atom stereocenters. The summed E-state index contributed by atoms with van der Waals surface area (Å²) < 4.78 is 3.52. The average Bonchev–Trinajstić information content (AvgIpc) is 2.74. The van der Waals surface area contributed by atoms with E-state index in [-0.39, 0.29) is 35.4 Å². The third-order valence-corrected chi connectivity index (χ3v) is 5.47. The maximum absolute atomic E-state index is 13.3. The van der Waals surface area contributed by atoms with Crippen molar-refractivity contribution in [2.24, 2.45) is 14.1 Å². The number of fused-ring (bicyclic) bond motifs is 1. The van der Waals surface area contributed by atoms with E-state index in [1.165, 1.54) is 4.90 Å². The molecule has 164 valence electrons. The lowest BCUT2D eigenvalue weighted by Gasteiger charge is -2.38. The van der Waals surface area contributed by atoms with Crippen LogP contribution < -0.4 is 30.2 Å². The molecule has 10 heteroatoms. The van der Waals surface area contributed by atoms with Gasteiger partial charge in [-0.3, -0.25) is 29.6 Å². The number of nitrogens with zero attached hydrogens (tertiary/aromatic N) is 4. The zero-order valence-corrected chi connectivity index (χ0v) is 18.3. The molecule has 0 spiro atoms. The van der Waals surface area contributed by atoms with Gasteiger partial charge >= 0.3 is 0 Å². The maximum Gasteiger partial charge on any atom is 0.278 e. The Balaban J connectivity index is 1.71. The van der Waals surface area contributed by atoms with Crippen molar-refractivity contribution in [2.75, 3.05) is 15.5 Å². The smallest absolute Gasteiger partial charge is 0.278 e. The van der Waals surface area contributed by atoms with Crippen LogP contribution in [0.5, 0.6) is 0 Å². The monoisotopic (exact) mass is 435 g/mol. The first-order valence-corrected chi connectivity index (χ1v) is 10.2. The number of H-pyrrole nitrogens is 1. The quantitative estimate of drug-likeness (QED) is 0.519. The Labute approximate surface area is 184 Å². The second-order valence-corrected chi connectivity index (χ2v) is 7.93. The molecule has 0 unspecified atom stereocenters. The van der Waals surface area contributed by atoms with Crippen LogP contribution in [-0.2, 0) is 14.1 Å². The lowest BCUT2D eigenvalue weighted by Crippen LogP contribution is -2.53. The van der Waals surface area contributed by atoms with Gasteiger partial charge in [0.05, 0.1) is 6.04 Å². The lowest BCUT2D eigenvalue weighted by atomic mass is 10.0. The molecule has 0 fully saturated rings. The van der Waals surface area contributed by atoms with Crippen LogP contribution in [0, 0.1) is 0 Å². The summed E-state index contributed by atoms with van der Waals surface area (Å²) in [5.74, 6) is -0.477. The molecule has 3 N–H and O–H groups in total. The first-order chi connectivity index (χ1) is 15.2. The van der Waals surface area contributed by atoms with E-state index in [1.54, 1.807) is 59.0 Å². The summed E-state index contributed by atoms with van der Waals surface area (Å²) in [6, 6.07) is 6.42. The topological polar surface area (TPSA) is 115 Å². The summed E-state index contributed by atoms with van der Waals surface area (Å²) in [6.07, 6.45) is 7.00. The molecule has 0 aliphatic carbocycles. The van der Waals surface area contributed by atoms with Crippen LogP contribution in [0.2, 0.25) is 0 Å². The lowest BCUT2D eigenvalue weighted by molar-refractivity contribution is -0.671. The molecule has 0 radical (unpaired) electrons. The van der Waals surface area contributed by atoms with E-state index in [4.69, 9.17) is 0 Å². The number of rotatable bonds is 3. The number of aromatic nitrogens is 4. The van der Waals surface area contributed by atoms with Crippen LogP contribution >= 0.6 is 0 Å². The first kappa shape index (κ1) is 21.2. The van der Waals surface area contributed by atoms with Gasteiger partial charge in [-0.05, 0) is 26.0 Å². The summed E-state index contributed by atoms with van der Waals surface area (Å²) in [5, 5.41) is 5.79. The zero-order chi connectivity index (χ0) is 23.0. The van der Waals surface area contributed by atoms with E-state index in [2.05, 4.69) is 20.6 Å². The number of nitrogens with one attached hydrogen (secondary N) is 3. The third kappa shape index (κ3) is 3.94. The van der Waals surface area contributed by atoms with Gasteiger partial charge in [-0.1, -0.05) is 0 Å². The van der Waals surface area contributed by atoms with Crippen molar-refractivity contribution in [3.63, 3.8) is 0 Å². The molecular weight excluding hydrogens is 410 g/mol. The Kier molecular flexibility index (Phi) is 5.43. The van der Waals surface area contributed by atoms with Crippen molar-refractivity contribution >= 4 is 29.3 Å². The van der Waals surface area contributed by atoms with Gasteiger partial charge in [0.15, 0.2) is 36.3 Å². The number of amides is 2. The Hall–Kier alpha value is -4.08. The minimum Gasteiger partial charge on any atom is -0.364 e. The van der Waals surface area contributed by atoms with E-state index >= 15 is 0 Å². The minimum atomic E-state index is -0.524. The van der Waals surface area contributed by atoms with Crippen molar-refractivity contribution in [3.05, 3.63) is 70.5 Å². The Morgan fingerprint density at radius 2 is 1.69 bits per heavy atom. The van der Waals surface area contributed by atoms with Crippen molar-refractivity contribution in [2.45, 2.75) is 25.9 Å². The van der Waals surface area contributed by atoms with Crippen LogP contribution in [0.15, 0.2) is 53.8 Å². The molecule has 1 aliphatic rings. The van der Waals surface area contributed by atoms with Gasteiger partial charge in [0.25, 0.3) is 17.4 Å². The van der Waals surface area contributed by atoms with Gasteiger partial charge in [0.1, 0.15) is 25.2 Å². The highest BCUT2D eigenvalue weighted by atomic mass is 16.2. The molecule has 2 amide bonds. The Morgan fingerprint density at radius 1 is 1.06 bits per heavy atom. The van der Waals surface area contributed by atoms with Crippen molar-refractivity contribution in [1.29, 1.82) is 0 Å². The van der Waals surface area contributed by atoms with Gasteiger partial charge in [-0.15, -0.1) is 0 Å². The SMILES string of the molecule is C[C@H]1Nc2nc(NC(=O)c3ccc[n+](C)c3)[nH]c(=O)c2N(C(=O)c2ccc[n+](C)c2)[C@H]1C. The van der Waals surface area contributed by atoms with Gasteiger partial charge in [-0.25, -0.2) is 9.13 Å². The van der Waals surface area contributed by atoms with Gasteiger partial charge in [0.2, 0.25) is 5.95 Å². The summed E-state index contributed by atoms with van der Waals surface area (Å²) in [4.78, 5) is 47.4. The predicted molar refractivity (Wildman–Crippen MR) is 117 cm³/mol. The van der Waals surface area contributed by atoms with Gasteiger partial charge < -0.3 is 5.32 Å². The molecule has 10 nitrogen and oxygen atoms in total. The number of hydrogen-bond donors (Lipinski definition) is 3. The second-order valence-electron chi connectivity index (χ2n) is 7.93. The van der Waals surface area contributed by atoms with Crippen LogP contribution in [0.1, 0.15) is 34.6 Å². The van der Waals surface area contributed by atoms with Crippen LogP contribution in [-0.4, -0.2) is 33.9 Å². The van der Waals surface area contributed by atoms with E-state index < -0.39 is 11.5 Å². The van der Waals surface area contributed by atoms with Crippen molar-refractivity contribution in [1.82, 2.24) is 9.97 Å². The Bertz CT molecular complexity index is 1270. The number of anilines is 3. The predicted octanol–water partition coefficient (Wildman–Crippen LogP) is 0.520. The van der Waals surface area contributed by atoms with Crippen LogP contribution in [0.4, 0.5) is 17.5 Å². The first-order valence-electron chi connectivity index (χ1n) is 10.2. The zero-order valence-electron chi connectivity index (χ0n) is 18.3. The van der Waals surface area contributed by atoms with Gasteiger partial charge in [-0.2, -0.15) is 4.98 Å². The molecule has 0 saturated heterocycles. The Morgan fingerprint density at radius 3 is 2.34 bits per heavy atom. The van der Waals surface area contributed by atoms with E-state index in [0.29, 0.717) is 11.1 Å². The fourth-order valence-electron chi connectivity index (χ4n) is 3.66. The van der Waals surface area contributed by atoms with Crippen molar-refractivity contribution in [3.8, 4) is 0 Å². The molecule has 32 heavy (non-hydrogen) atoms. The molecule has 0 saturated carbocycles. The molecule has 1 aliphatic heterocycles. The molecule has 3 aromatic rings. The highest BCUT2D eigenvalue weighted by Gasteiger charge is 2.37. The van der Waals surface area contributed by atoms with Crippen molar-refractivity contribution < 1.29 is 18.7 Å². The van der Waals surface area contributed by atoms with E-state index in [9.17, 15) is 14.4 Å². The highest BCUT2D eigenvalue weighted by molar-refractivity contribution is 6.08. The standard InChI is InChI=1S/C22H23N7O3/c1-13-14(2)29(21(32)16-8-6-10-28(4)12-16)17-18(23-13)24-22(26-20(17)31)25-19(30)15-7-5-9-27(3)11-15/h5-14H,1-4H3,(H-2,23,24,25,26,30,31)/p+2/t13-,14+/m1/s1. The van der Waals surface area contributed by atoms with Crippen LogP contribution in [0.25, 0.3) is 0 Å². The summed E-state index contributed by atoms with van der Waals surface area (Å²) in [5.41, 5.74) is 0.467.